The van der Waals surface area contributed by atoms with E-state index in [4.69, 9.17) is 9.73 Å². The molecule has 0 atom stereocenters. The van der Waals surface area contributed by atoms with Crippen LogP contribution in [0.15, 0.2) is 58.4 Å². The molecule has 1 amide bonds. The number of methoxy groups -OCH3 is 1. The van der Waals surface area contributed by atoms with Gasteiger partial charge in [-0.2, -0.15) is 4.31 Å². The lowest BCUT2D eigenvalue weighted by molar-refractivity contribution is -0.115. The fourth-order valence-corrected chi connectivity index (χ4v) is 5.95. The first-order valence-electron chi connectivity index (χ1n) is 11.2. The SMILES string of the molecule is COC(=O)c1ccccc1S(=O)(=O)N1CCC2(CC1)N=C(c1ccc(C(C)(C)C)cc1)C(=O)N2. The molecule has 180 valence electrons. The fraction of sp³-hybridized carbons (Fsp3) is 0.400. The van der Waals surface area contributed by atoms with Gasteiger partial charge in [-0.05, 0) is 23.1 Å². The van der Waals surface area contributed by atoms with Gasteiger partial charge in [-0.3, -0.25) is 9.79 Å². The van der Waals surface area contributed by atoms with Gasteiger partial charge in [0, 0.05) is 31.5 Å². The van der Waals surface area contributed by atoms with Crippen molar-refractivity contribution < 1.29 is 22.7 Å². The summed E-state index contributed by atoms with van der Waals surface area (Å²) >= 11 is 0. The zero-order chi connectivity index (χ0) is 24.7. The van der Waals surface area contributed by atoms with Gasteiger partial charge >= 0.3 is 5.97 Å². The van der Waals surface area contributed by atoms with E-state index in [9.17, 15) is 18.0 Å². The summed E-state index contributed by atoms with van der Waals surface area (Å²) in [7, 11) is -2.71. The Balaban J connectivity index is 1.54. The van der Waals surface area contributed by atoms with E-state index < -0.39 is 21.7 Å². The molecule has 1 N–H and O–H groups in total. The molecule has 1 spiro atoms. The number of esters is 1. The third-order valence-electron chi connectivity index (χ3n) is 6.37. The van der Waals surface area contributed by atoms with Gasteiger partial charge in [0.05, 0.1) is 17.6 Å². The Morgan fingerprint density at radius 1 is 1.06 bits per heavy atom. The van der Waals surface area contributed by atoms with Crippen molar-refractivity contribution in [1.82, 2.24) is 9.62 Å². The summed E-state index contributed by atoms with van der Waals surface area (Å²) < 4.78 is 32.7. The minimum atomic E-state index is -3.92. The average molecular weight is 484 g/mol. The molecule has 0 radical (unpaired) electrons. The smallest absolute Gasteiger partial charge is 0.339 e. The first kappa shape index (κ1) is 24.1. The number of piperidine rings is 1. The molecule has 2 aliphatic rings. The van der Waals surface area contributed by atoms with Crippen molar-refractivity contribution in [2.24, 2.45) is 4.99 Å². The second-order valence-corrected chi connectivity index (χ2v) is 11.6. The van der Waals surface area contributed by atoms with Gasteiger partial charge in [0.25, 0.3) is 5.91 Å². The zero-order valence-electron chi connectivity index (χ0n) is 19.8. The lowest BCUT2D eigenvalue weighted by Gasteiger charge is -2.36. The maximum absolute atomic E-state index is 13.3. The van der Waals surface area contributed by atoms with Crippen LogP contribution in [0, 0.1) is 0 Å². The Bertz CT molecular complexity index is 1250. The summed E-state index contributed by atoms with van der Waals surface area (Å²) in [5, 5.41) is 2.97. The molecule has 2 aliphatic heterocycles. The molecule has 0 unspecified atom stereocenters. The highest BCUT2D eigenvalue weighted by Crippen LogP contribution is 2.32. The maximum atomic E-state index is 13.3. The Hall–Kier alpha value is -3.04. The highest BCUT2D eigenvalue weighted by molar-refractivity contribution is 7.89. The first-order chi connectivity index (χ1) is 16.0. The number of carbonyl (C=O) groups is 2. The molecule has 2 heterocycles. The maximum Gasteiger partial charge on any atom is 0.339 e. The molecule has 0 saturated carbocycles. The monoisotopic (exact) mass is 483 g/mol. The van der Waals surface area contributed by atoms with E-state index in [1.807, 2.05) is 24.3 Å². The molecular formula is C25H29N3O5S. The van der Waals surface area contributed by atoms with Crippen LogP contribution in [0.3, 0.4) is 0 Å². The topological polar surface area (TPSA) is 105 Å². The number of hydrogen-bond donors (Lipinski definition) is 1. The molecular weight excluding hydrogens is 454 g/mol. The van der Waals surface area contributed by atoms with Crippen molar-refractivity contribution in [3.8, 4) is 0 Å². The molecule has 2 aromatic carbocycles. The van der Waals surface area contributed by atoms with Crippen molar-refractivity contribution in [3.63, 3.8) is 0 Å². The Kier molecular flexibility index (Phi) is 6.12. The Morgan fingerprint density at radius 3 is 2.26 bits per heavy atom. The number of aliphatic imine (C=N–C) groups is 1. The average Bonchev–Trinajstić information content (AvgIpc) is 3.13. The molecule has 0 aliphatic carbocycles. The fourth-order valence-electron chi connectivity index (χ4n) is 4.33. The number of nitrogens with zero attached hydrogens (tertiary/aromatic N) is 2. The van der Waals surface area contributed by atoms with Crippen LogP contribution in [0.25, 0.3) is 0 Å². The predicted octanol–water partition coefficient (Wildman–Crippen LogP) is 2.87. The standard InChI is InChI=1S/C25H29N3O5S/c1-24(2,3)18-11-9-17(10-12-18)21-22(29)27-25(26-21)13-15-28(16-14-25)34(31,32)20-8-6-5-7-19(20)23(30)33-4/h5-12H,13-16H2,1-4H3,(H,27,29). The number of ether oxygens (including phenoxy) is 1. The summed E-state index contributed by atoms with van der Waals surface area (Å²) in [5.41, 5.74) is 1.44. The molecule has 0 bridgehead atoms. The van der Waals surface area contributed by atoms with Crippen LogP contribution in [-0.4, -0.2) is 56.2 Å². The van der Waals surface area contributed by atoms with Crippen LogP contribution < -0.4 is 5.32 Å². The number of sulfonamides is 1. The summed E-state index contributed by atoms with van der Waals surface area (Å²) in [6, 6.07) is 13.8. The molecule has 1 fully saturated rings. The van der Waals surface area contributed by atoms with E-state index in [-0.39, 0.29) is 34.9 Å². The molecule has 2 aromatic rings. The van der Waals surface area contributed by atoms with Crippen molar-refractivity contribution in [1.29, 1.82) is 0 Å². The summed E-state index contributed by atoms with van der Waals surface area (Å²) in [6.07, 6.45) is 0.671. The number of amides is 1. The third-order valence-corrected chi connectivity index (χ3v) is 8.33. The second-order valence-electron chi connectivity index (χ2n) is 9.67. The van der Waals surface area contributed by atoms with Crippen LogP contribution >= 0.6 is 0 Å². The van der Waals surface area contributed by atoms with Crippen LogP contribution in [-0.2, 0) is 25.0 Å². The van der Waals surface area contributed by atoms with Crippen molar-refractivity contribution >= 4 is 27.6 Å². The van der Waals surface area contributed by atoms with Gasteiger partial charge in [-0.25, -0.2) is 13.2 Å². The van der Waals surface area contributed by atoms with Crippen molar-refractivity contribution in [2.45, 2.75) is 49.6 Å². The van der Waals surface area contributed by atoms with Crippen LogP contribution in [0.4, 0.5) is 0 Å². The summed E-state index contributed by atoms with van der Waals surface area (Å²) in [4.78, 5) is 29.5. The van der Waals surface area contributed by atoms with E-state index in [1.165, 1.54) is 23.5 Å². The minimum absolute atomic E-state index is 0.00142. The predicted molar refractivity (Wildman–Crippen MR) is 128 cm³/mol. The zero-order valence-corrected chi connectivity index (χ0v) is 20.6. The second kappa shape index (κ2) is 8.63. The quantitative estimate of drug-likeness (QED) is 0.674. The number of hydrogen-bond acceptors (Lipinski definition) is 6. The highest BCUT2D eigenvalue weighted by atomic mass is 32.2. The summed E-state index contributed by atoms with van der Waals surface area (Å²) in [5.74, 6) is -0.960. The molecule has 4 rings (SSSR count). The minimum Gasteiger partial charge on any atom is -0.465 e. The van der Waals surface area contributed by atoms with Gasteiger partial charge in [0.2, 0.25) is 10.0 Å². The number of rotatable bonds is 4. The first-order valence-corrected chi connectivity index (χ1v) is 12.6. The largest absolute Gasteiger partial charge is 0.465 e. The number of nitrogens with one attached hydrogen (secondary N) is 1. The Labute approximate surface area is 200 Å². The van der Waals surface area contributed by atoms with Gasteiger partial charge < -0.3 is 10.1 Å². The van der Waals surface area contributed by atoms with Gasteiger partial charge in [-0.1, -0.05) is 57.2 Å². The van der Waals surface area contributed by atoms with Crippen molar-refractivity contribution in [2.75, 3.05) is 20.2 Å². The van der Waals surface area contributed by atoms with E-state index in [0.717, 1.165) is 11.1 Å². The molecule has 9 heteroatoms. The number of carbonyl (C=O) groups excluding carboxylic acids is 2. The third kappa shape index (κ3) is 4.37. The van der Waals surface area contributed by atoms with Crippen LogP contribution in [0.2, 0.25) is 0 Å². The van der Waals surface area contributed by atoms with Crippen molar-refractivity contribution in [3.05, 3.63) is 65.2 Å². The summed E-state index contributed by atoms with van der Waals surface area (Å²) in [6.45, 7) is 6.71. The van der Waals surface area contributed by atoms with Crippen LogP contribution in [0.1, 0.15) is 55.1 Å². The van der Waals surface area contributed by atoms with Gasteiger partial charge in [-0.15, -0.1) is 0 Å². The Morgan fingerprint density at radius 2 is 1.68 bits per heavy atom. The molecule has 1 saturated heterocycles. The molecule has 34 heavy (non-hydrogen) atoms. The lowest BCUT2D eigenvalue weighted by Crippen LogP contribution is -2.52. The normalized spacial score (nSPS) is 18.5. The number of benzene rings is 2. The van der Waals surface area contributed by atoms with E-state index in [0.29, 0.717) is 18.6 Å². The lowest BCUT2D eigenvalue weighted by atomic mass is 9.86. The van der Waals surface area contributed by atoms with E-state index in [2.05, 4.69) is 26.1 Å². The van der Waals surface area contributed by atoms with Gasteiger partial charge in [0.15, 0.2) is 0 Å². The highest BCUT2D eigenvalue weighted by Gasteiger charge is 2.44. The van der Waals surface area contributed by atoms with E-state index in [1.54, 1.807) is 12.1 Å². The van der Waals surface area contributed by atoms with Gasteiger partial charge in [0.1, 0.15) is 11.4 Å². The van der Waals surface area contributed by atoms with Crippen LogP contribution in [0.5, 0.6) is 0 Å². The molecule has 0 aromatic heterocycles. The molecule has 8 nitrogen and oxygen atoms in total. The van der Waals surface area contributed by atoms with E-state index >= 15 is 0 Å².